The summed E-state index contributed by atoms with van der Waals surface area (Å²) in [6, 6.07) is -4.57. The molecule has 0 aromatic heterocycles. The molecular weight excluding hydrogens is 648 g/mol. The molecule has 0 radical (unpaired) electrons. The summed E-state index contributed by atoms with van der Waals surface area (Å²) in [5.41, 5.74) is 29.7. The lowest BCUT2D eigenvalue weighted by Gasteiger charge is -2.47. The second kappa shape index (κ2) is 16.8. The Kier molecular flexibility index (Phi) is 13.8. The Bertz CT molecular complexity index is 1040. The summed E-state index contributed by atoms with van der Waals surface area (Å²) < 4.78 is 35.1. The molecule has 0 spiro atoms. The Morgan fingerprint density at radius 2 is 1.44 bits per heavy atom. The summed E-state index contributed by atoms with van der Waals surface area (Å²) in [6.45, 7) is 0.382. The molecule has 21 heteroatoms. The van der Waals surface area contributed by atoms with Crippen LogP contribution in [0.25, 0.3) is 0 Å². The van der Waals surface area contributed by atoms with Gasteiger partial charge < -0.3 is 103 Å². The molecule has 4 fully saturated rings. The van der Waals surface area contributed by atoms with Crippen molar-refractivity contribution >= 4 is 5.91 Å². The van der Waals surface area contributed by atoms with Gasteiger partial charge in [0, 0.05) is 25.6 Å². The number of rotatable bonds is 12. The van der Waals surface area contributed by atoms with Crippen molar-refractivity contribution in [3.8, 4) is 0 Å². The minimum absolute atomic E-state index is 0.0309. The fraction of sp³-hybridized carbons (Fsp3) is 0.963. The van der Waals surface area contributed by atoms with Crippen molar-refractivity contribution in [3.05, 3.63) is 0 Å². The highest BCUT2D eigenvalue weighted by atomic mass is 16.8. The van der Waals surface area contributed by atoms with Crippen LogP contribution in [0.5, 0.6) is 0 Å². The monoisotopic (exact) mass is 700 g/mol. The second-order valence-corrected chi connectivity index (χ2v) is 12.8. The van der Waals surface area contributed by atoms with Gasteiger partial charge in [0.2, 0.25) is 0 Å². The van der Waals surface area contributed by atoms with Gasteiger partial charge >= 0.3 is 0 Å². The molecule has 0 unspecified atom stereocenters. The molecule has 19 N–H and O–H groups in total. The lowest BCUT2D eigenvalue weighted by atomic mass is 9.83. The van der Waals surface area contributed by atoms with E-state index < -0.39 is 141 Å². The van der Waals surface area contributed by atoms with Crippen molar-refractivity contribution in [2.45, 2.75) is 142 Å². The minimum Gasteiger partial charge on any atom is -0.394 e. The van der Waals surface area contributed by atoms with Crippen LogP contribution in [0, 0.1) is 0 Å². The summed E-state index contributed by atoms with van der Waals surface area (Å²) in [5.74, 6) is -1.06. The fourth-order valence-corrected chi connectivity index (χ4v) is 6.27. The number of carbonyl (C=O) groups is 1. The number of ether oxygens (including phenoxy) is 6. The van der Waals surface area contributed by atoms with E-state index in [2.05, 4.69) is 5.32 Å². The third-order valence-electron chi connectivity index (χ3n) is 9.31. The number of aliphatic hydroxyl groups is 8. The van der Waals surface area contributed by atoms with E-state index in [4.69, 9.17) is 57.1 Å². The summed E-state index contributed by atoms with van der Waals surface area (Å²) in [7, 11) is 0. The number of nitrogens with one attached hydrogen (secondary N) is 1. The number of carbonyl (C=O) groups excluding carboxylic acids is 1. The van der Waals surface area contributed by atoms with Crippen molar-refractivity contribution in [1.82, 2.24) is 5.32 Å². The highest BCUT2D eigenvalue weighted by Gasteiger charge is 2.54. The van der Waals surface area contributed by atoms with Crippen LogP contribution in [0.1, 0.15) is 19.8 Å². The molecule has 280 valence electrons. The molecule has 4 aliphatic rings. The van der Waals surface area contributed by atoms with Crippen LogP contribution in [0.4, 0.5) is 0 Å². The molecule has 1 aliphatic carbocycles. The molecule has 3 heterocycles. The zero-order valence-electron chi connectivity index (χ0n) is 26.4. The molecule has 3 aliphatic heterocycles. The maximum atomic E-state index is 12.7. The molecule has 4 rings (SSSR count). The zero-order valence-corrected chi connectivity index (χ0v) is 26.4. The van der Waals surface area contributed by atoms with Crippen molar-refractivity contribution in [1.29, 1.82) is 0 Å². The predicted molar refractivity (Wildman–Crippen MR) is 159 cm³/mol. The van der Waals surface area contributed by atoms with E-state index in [9.17, 15) is 45.6 Å². The Morgan fingerprint density at radius 3 is 2.06 bits per heavy atom. The molecule has 0 aromatic rings. The Hall–Kier alpha value is -1.29. The smallest absolute Gasteiger partial charge is 0.251 e. The number of hydrogen-bond acceptors (Lipinski definition) is 20. The van der Waals surface area contributed by atoms with Crippen molar-refractivity contribution in [2.24, 2.45) is 28.7 Å². The third kappa shape index (κ3) is 8.42. The Balaban J connectivity index is 1.56. The zero-order chi connectivity index (χ0) is 35.6. The standard InChI is InChI=1S/C27H52N6O15/c1-7-16(37)19(40)15(32)26(43-7)47-22-13(6-34)45-27(20(22)41)48-23-17(38)10(33-24(42)18(39)12(36)5-29)3-9(30)21(23)46-25-14(31)11(35)2-8(4-28)44-25/h7-23,25-27,34-41H,2-6,28-32H2,1H3,(H,33,42)/t7-,8-,9-,10+,11+,12-,13+,14+,15+,16+,17-,18-,19+,20+,21+,22+,23+,25+,26+,27-/m0/s1. The lowest BCUT2D eigenvalue weighted by molar-refractivity contribution is -0.295. The molecule has 21 nitrogen and oxygen atoms in total. The highest BCUT2D eigenvalue weighted by Crippen LogP contribution is 2.34. The summed E-state index contributed by atoms with van der Waals surface area (Å²) in [6.07, 6.45) is -22.0. The van der Waals surface area contributed by atoms with Gasteiger partial charge in [0.1, 0.15) is 54.9 Å². The van der Waals surface area contributed by atoms with Crippen LogP contribution in [0.3, 0.4) is 0 Å². The normalized spacial score (nSPS) is 48.2. The van der Waals surface area contributed by atoms with Crippen LogP contribution in [0.2, 0.25) is 0 Å². The topological polar surface area (TPSA) is 376 Å². The van der Waals surface area contributed by atoms with E-state index in [0.717, 1.165) is 0 Å². The molecule has 0 aromatic carbocycles. The van der Waals surface area contributed by atoms with Crippen LogP contribution in [0.15, 0.2) is 0 Å². The van der Waals surface area contributed by atoms with Crippen molar-refractivity contribution in [3.63, 3.8) is 0 Å². The molecular formula is C27H52N6O15. The summed E-state index contributed by atoms with van der Waals surface area (Å²) >= 11 is 0. The largest absolute Gasteiger partial charge is 0.394 e. The molecule has 20 atom stereocenters. The average Bonchev–Trinajstić information content (AvgIpc) is 3.36. The second-order valence-electron chi connectivity index (χ2n) is 12.8. The lowest BCUT2D eigenvalue weighted by Crippen LogP contribution is -2.68. The maximum absolute atomic E-state index is 12.7. The number of amides is 1. The fourth-order valence-electron chi connectivity index (χ4n) is 6.27. The first-order chi connectivity index (χ1) is 22.6. The van der Waals surface area contributed by atoms with E-state index in [1.54, 1.807) is 0 Å². The third-order valence-corrected chi connectivity index (χ3v) is 9.31. The van der Waals surface area contributed by atoms with E-state index in [1.165, 1.54) is 6.92 Å². The molecule has 0 bridgehead atoms. The van der Waals surface area contributed by atoms with Gasteiger partial charge in [0.25, 0.3) is 5.91 Å². The maximum Gasteiger partial charge on any atom is 0.251 e. The van der Waals surface area contributed by atoms with Gasteiger partial charge in [-0.15, -0.1) is 0 Å². The number of hydrogen-bond donors (Lipinski definition) is 14. The first-order valence-corrected chi connectivity index (χ1v) is 15.9. The van der Waals surface area contributed by atoms with Crippen LogP contribution >= 0.6 is 0 Å². The summed E-state index contributed by atoms with van der Waals surface area (Å²) in [5, 5.41) is 86.1. The van der Waals surface area contributed by atoms with Gasteiger partial charge in [0.15, 0.2) is 25.0 Å². The highest BCUT2D eigenvalue weighted by molar-refractivity contribution is 5.81. The van der Waals surface area contributed by atoms with Gasteiger partial charge in [0.05, 0.1) is 43.0 Å². The Morgan fingerprint density at radius 1 is 0.812 bits per heavy atom. The minimum atomic E-state index is -1.94. The molecule has 48 heavy (non-hydrogen) atoms. The van der Waals surface area contributed by atoms with Gasteiger partial charge in [-0.05, 0) is 13.3 Å². The van der Waals surface area contributed by atoms with Crippen LogP contribution in [-0.2, 0) is 33.2 Å². The first kappa shape index (κ1) is 39.5. The van der Waals surface area contributed by atoms with Gasteiger partial charge in [-0.2, -0.15) is 0 Å². The average molecular weight is 701 g/mol. The SMILES string of the molecule is C[C@@H]1O[C@H](O[C@H]2[C@@H](O)[C@H](O[C@@H]3[C@@H](O)[C@H](NC(=O)[C@@H](O)[C@@H](O)CN)C[C@H](N)[C@H]3O[C@H]3O[C@H](CN)C[C@@H](O)[C@H]3N)O[C@@H]2CO)[C@H](N)[C@@H](O)[C@@H]1O. The number of nitrogens with two attached hydrogens (primary N) is 5. The van der Waals surface area contributed by atoms with Gasteiger partial charge in [-0.3, -0.25) is 4.79 Å². The van der Waals surface area contributed by atoms with E-state index >= 15 is 0 Å². The van der Waals surface area contributed by atoms with Gasteiger partial charge in [-0.1, -0.05) is 0 Å². The van der Waals surface area contributed by atoms with Gasteiger partial charge in [-0.25, -0.2) is 0 Å². The molecule has 1 saturated carbocycles. The van der Waals surface area contributed by atoms with Crippen molar-refractivity contribution < 1.29 is 74.1 Å². The van der Waals surface area contributed by atoms with E-state index in [-0.39, 0.29) is 19.4 Å². The molecule has 1 amide bonds. The van der Waals surface area contributed by atoms with Crippen LogP contribution in [-0.4, -0.2) is 189 Å². The summed E-state index contributed by atoms with van der Waals surface area (Å²) in [4.78, 5) is 12.7. The first-order valence-electron chi connectivity index (χ1n) is 15.9. The van der Waals surface area contributed by atoms with Crippen LogP contribution < -0.4 is 34.0 Å². The van der Waals surface area contributed by atoms with E-state index in [1.807, 2.05) is 0 Å². The van der Waals surface area contributed by atoms with E-state index in [0.29, 0.717) is 0 Å². The predicted octanol–water partition coefficient (Wildman–Crippen LogP) is -8.97. The number of aliphatic hydroxyl groups excluding tert-OH is 8. The van der Waals surface area contributed by atoms with Crippen molar-refractivity contribution in [2.75, 3.05) is 19.7 Å². The molecule has 3 saturated heterocycles. The quantitative estimate of drug-likeness (QED) is 0.0898. The Labute approximate surface area is 276 Å².